The van der Waals surface area contributed by atoms with Crippen molar-refractivity contribution in [2.45, 2.75) is 6.54 Å². The van der Waals surface area contributed by atoms with E-state index < -0.39 is 9.84 Å². The molecule has 17 heavy (non-hydrogen) atoms. The maximum absolute atomic E-state index is 11.1. The lowest BCUT2D eigenvalue weighted by Gasteiger charge is -2.20. The van der Waals surface area contributed by atoms with Crippen LogP contribution >= 0.6 is 15.9 Å². The highest BCUT2D eigenvalue weighted by atomic mass is 79.9. The van der Waals surface area contributed by atoms with Gasteiger partial charge in [-0.1, -0.05) is 0 Å². The molecule has 0 aliphatic carbocycles. The standard InChI is InChI=1S/C10H16BrN3O2S/c1-14(3-4-17(2,15)16)10-8(6-12)5-9(11)7-13-10/h5,7H,3-4,6,12H2,1-2H3. The average Bonchev–Trinajstić information content (AvgIpc) is 2.24. The number of sulfone groups is 1. The fourth-order valence-corrected chi connectivity index (χ4v) is 2.36. The number of rotatable bonds is 5. The number of nitrogens with zero attached hydrogens (tertiary/aromatic N) is 2. The van der Waals surface area contributed by atoms with Gasteiger partial charge in [-0.25, -0.2) is 13.4 Å². The Hall–Kier alpha value is -0.660. The first kappa shape index (κ1) is 14.4. The average molecular weight is 322 g/mol. The second kappa shape index (κ2) is 5.79. The Balaban J connectivity index is 2.85. The second-order valence-corrected chi connectivity index (χ2v) is 7.07. The predicted molar refractivity (Wildman–Crippen MR) is 72.8 cm³/mol. The summed E-state index contributed by atoms with van der Waals surface area (Å²) < 4.78 is 23.1. The highest BCUT2D eigenvalue weighted by Crippen LogP contribution is 2.20. The van der Waals surface area contributed by atoms with Crippen molar-refractivity contribution >= 4 is 31.6 Å². The number of aromatic nitrogens is 1. The highest BCUT2D eigenvalue weighted by molar-refractivity contribution is 9.10. The Morgan fingerprint density at radius 3 is 2.71 bits per heavy atom. The van der Waals surface area contributed by atoms with E-state index in [1.54, 1.807) is 18.1 Å². The molecule has 2 N–H and O–H groups in total. The number of nitrogens with two attached hydrogens (primary N) is 1. The summed E-state index contributed by atoms with van der Waals surface area (Å²) >= 11 is 3.32. The Bertz CT molecular complexity index is 490. The minimum Gasteiger partial charge on any atom is -0.358 e. The van der Waals surface area contributed by atoms with Crippen LogP contribution in [-0.2, 0) is 16.4 Å². The molecule has 0 bridgehead atoms. The van der Waals surface area contributed by atoms with Crippen LogP contribution in [0.2, 0.25) is 0 Å². The normalized spacial score (nSPS) is 11.5. The van der Waals surface area contributed by atoms with Crippen molar-refractivity contribution in [3.63, 3.8) is 0 Å². The molecule has 1 heterocycles. The van der Waals surface area contributed by atoms with Gasteiger partial charge >= 0.3 is 0 Å². The van der Waals surface area contributed by atoms with Gasteiger partial charge in [0.1, 0.15) is 15.7 Å². The summed E-state index contributed by atoms with van der Waals surface area (Å²) in [6.07, 6.45) is 2.89. The first-order chi connectivity index (χ1) is 7.83. The molecule has 0 spiro atoms. The molecule has 96 valence electrons. The SMILES string of the molecule is CN(CCS(C)(=O)=O)c1ncc(Br)cc1CN. The van der Waals surface area contributed by atoms with E-state index in [0.717, 1.165) is 15.9 Å². The zero-order chi connectivity index (χ0) is 13.1. The van der Waals surface area contributed by atoms with Crippen molar-refractivity contribution in [3.8, 4) is 0 Å². The Morgan fingerprint density at radius 2 is 2.18 bits per heavy atom. The molecule has 0 radical (unpaired) electrons. The number of pyridine rings is 1. The van der Waals surface area contributed by atoms with E-state index in [2.05, 4.69) is 20.9 Å². The number of hydrogen-bond donors (Lipinski definition) is 1. The largest absolute Gasteiger partial charge is 0.358 e. The van der Waals surface area contributed by atoms with Crippen molar-refractivity contribution in [1.82, 2.24) is 4.98 Å². The molecule has 0 saturated carbocycles. The smallest absolute Gasteiger partial charge is 0.149 e. The van der Waals surface area contributed by atoms with Gasteiger partial charge in [0.15, 0.2) is 0 Å². The van der Waals surface area contributed by atoms with Gasteiger partial charge < -0.3 is 10.6 Å². The zero-order valence-corrected chi connectivity index (χ0v) is 12.3. The van der Waals surface area contributed by atoms with Crippen LogP contribution in [0.5, 0.6) is 0 Å². The molecule has 0 aromatic carbocycles. The second-order valence-electron chi connectivity index (χ2n) is 3.89. The molecule has 5 nitrogen and oxygen atoms in total. The van der Waals surface area contributed by atoms with Gasteiger partial charge in [-0.2, -0.15) is 0 Å². The molecule has 0 atom stereocenters. The minimum atomic E-state index is -2.96. The van der Waals surface area contributed by atoms with Gasteiger partial charge in [0.2, 0.25) is 0 Å². The summed E-state index contributed by atoms with van der Waals surface area (Å²) in [6.45, 7) is 0.769. The van der Waals surface area contributed by atoms with Gasteiger partial charge in [0.25, 0.3) is 0 Å². The molecule has 7 heteroatoms. The molecule has 0 fully saturated rings. The van der Waals surface area contributed by atoms with Gasteiger partial charge in [-0.05, 0) is 22.0 Å². The summed E-state index contributed by atoms with van der Waals surface area (Å²) in [5, 5.41) is 0. The van der Waals surface area contributed by atoms with E-state index in [4.69, 9.17) is 5.73 Å². The van der Waals surface area contributed by atoms with Crippen LogP contribution in [0.15, 0.2) is 16.7 Å². The van der Waals surface area contributed by atoms with E-state index in [9.17, 15) is 8.42 Å². The minimum absolute atomic E-state index is 0.102. The molecule has 1 aromatic rings. The van der Waals surface area contributed by atoms with Crippen LogP contribution in [0.4, 0.5) is 5.82 Å². The van der Waals surface area contributed by atoms with E-state index >= 15 is 0 Å². The fourth-order valence-electron chi connectivity index (χ4n) is 1.38. The molecule has 1 aromatic heterocycles. The lowest BCUT2D eigenvalue weighted by Crippen LogP contribution is -2.27. The lowest BCUT2D eigenvalue weighted by molar-refractivity contribution is 0.601. The summed E-state index contributed by atoms with van der Waals surface area (Å²) in [5.41, 5.74) is 6.52. The van der Waals surface area contributed by atoms with Crippen molar-refractivity contribution in [1.29, 1.82) is 0 Å². The van der Waals surface area contributed by atoms with Crippen LogP contribution in [0.3, 0.4) is 0 Å². The van der Waals surface area contributed by atoms with Gasteiger partial charge in [-0.15, -0.1) is 0 Å². The molecular formula is C10H16BrN3O2S. The lowest BCUT2D eigenvalue weighted by atomic mass is 10.2. The van der Waals surface area contributed by atoms with E-state index in [0.29, 0.717) is 13.1 Å². The summed E-state index contributed by atoms with van der Waals surface area (Å²) in [5.74, 6) is 0.824. The molecule has 0 amide bonds. The summed E-state index contributed by atoms with van der Waals surface area (Å²) in [6, 6.07) is 1.89. The predicted octanol–water partition coefficient (Wildman–Crippen LogP) is 0.784. The maximum atomic E-state index is 11.1. The van der Waals surface area contributed by atoms with Crippen LogP contribution in [0.1, 0.15) is 5.56 Å². The third-order valence-electron chi connectivity index (χ3n) is 2.29. The first-order valence-electron chi connectivity index (χ1n) is 5.07. The topological polar surface area (TPSA) is 76.3 Å². The Labute approximate surface area is 110 Å². The molecule has 1 rings (SSSR count). The highest BCUT2D eigenvalue weighted by Gasteiger charge is 2.11. The van der Waals surface area contributed by atoms with Gasteiger partial charge in [-0.3, -0.25) is 0 Å². The summed E-state index contributed by atoms with van der Waals surface area (Å²) in [7, 11) is -1.16. The monoisotopic (exact) mass is 321 g/mol. The third-order valence-corrected chi connectivity index (χ3v) is 3.65. The van der Waals surface area contributed by atoms with Crippen molar-refractivity contribution < 1.29 is 8.42 Å². The fraction of sp³-hybridized carbons (Fsp3) is 0.500. The number of halogens is 1. The molecule has 0 aliphatic rings. The first-order valence-corrected chi connectivity index (χ1v) is 7.92. The van der Waals surface area contributed by atoms with E-state index in [-0.39, 0.29) is 5.75 Å². The number of anilines is 1. The maximum Gasteiger partial charge on any atom is 0.149 e. The van der Waals surface area contributed by atoms with E-state index in [1.165, 1.54) is 6.26 Å². The van der Waals surface area contributed by atoms with Crippen molar-refractivity contribution in [2.24, 2.45) is 5.73 Å². The number of hydrogen-bond acceptors (Lipinski definition) is 5. The molecule has 0 aliphatic heterocycles. The van der Waals surface area contributed by atoms with E-state index in [1.807, 2.05) is 6.07 Å². The van der Waals surface area contributed by atoms with Crippen LogP contribution < -0.4 is 10.6 Å². The van der Waals surface area contributed by atoms with Crippen LogP contribution in [-0.4, -0.2) is 39.0 Å². The molecule has 0 unspecified atom stereocenters. The van der Waals surface area contributed by atoms with Crippen LogP contribution in [0, 0.1) is 0 Å². The quantitative estimate of drug-likeness (QED) is 0.867. The van der Waals surface area contributed by atoms with Crippen molar-refractivity contribution in [3.05, 3.63) is 22.3 Å². The van der Waals surface area contributed by atoms with Gasteiger partial charge in [0.05, 0.1) is 5.75 Å². The zero-order valence-electron chi connectivity index (χ0n) is 9.85. The Morgan fingerprint density at radius 1 is 1.53 bits per heavy atom. The molecule has 0 saturated heterocycles. The van der Waals surface area contributed by atoms with Gasteiger partial charge in [0, 0.05) is 42.6 Å². The summed E-state index contributed by atoms with van der Waals surface area (Å²) in [4.78, 5) is 6.06. The Kier molecular flexibility index (Phi) is 4.91. The third kappa shape index (κ3) is 4.61. The molecular weight excluding hydrogens is 306 g/mol. The van der Waals surface area contributed by atoms with Crippen LogP contribution in [0.25, 0.3) is 0 Å². The van der Waals surface area contributed by atoms with Crippen molar-refractivity contribution in [2.75, 3.05) is 30.5 Å².